The minimum atomic E-state index is -0.702. The van der Waals surface area contributed by atoms with E-state index in [1.807, 2.05) is 6.92 Å². The van der Waals surface area contributed by atoms with Crippen LogP contribution in [0.5, 0.6) is 5.75 Å². The van der Waals surface area contributed by atoms with Crippen molar-refractivity contribution in [1.29, 1.82) is 0 Å². The summed E-state index contributed by atoms with van der Waals surface area (Å²) in [5.41, 5.74) is 1.33. The van der Waals surface area contributed by atoms with Crippen LogP contribution in [0.1, 0.15) is 18.1 Å². The van der Waals surface area contributed by atoms with Crippen LogP contribution in [-0.4, -0.2) is 19.6 Å². The van der Waals surface area contributed by atoms with Gasteiger partial charge in [0.15, 0.2) is 0 Å². The second-order valence-corrected chi connectivity index (χ2v) is 5.17. The molecule has 2 aromatic rings. The monoisotopic (exact) mass is 315 g/mol. The van der Waals surface area contributed by atoms with Gasteiger partial charge in [-0.2, -0.15) is 0 Å². The molecule has 0 aromatic heterocycles. The highest BCUT2D eigenvalue weighted by atomic mass is 19.1. The van der Waals surface area contributed by atoms with Crippen molar-refractivity contribution in [2.24, 2.45) is 0 Å². The predicted octanol–water partition coefficient (Wildman–Crippen LogP) is 3.88. The summed E-state index contributed by atoms with van der Waals surface area (Å²) in [7, 11) is 1.62. The van der Waals surface area contributed by atoms with Crippen LogP contribution < -0.4 is 9.64 Å². The quantitative estimate of drug-likeness (QED) is 0.805. The number of halogens is 2. The maximum absolute atomic E-state index is 13.8. The number of anilines is 1. The smallest absolute Gasteiger partial charge is 0.258 e. The normalized spacial score (nSPS) is 15.2. The highest BCUT2D eigenvalue weighted by Gasteiger charge is 2.30. The standard InChI is InChI=1S/C18H15F2NO2/c1-3-23-11-7-8-12-13(18(22)21(2)17(12)9-11)10-14-15(19)5-4-6-16(14)20/h4-10H,3H2,1-2H3/b13-10+. The zero-order chi connectivity index (χ0) is 16.6. The number of hydrogen-bond acceptors (Lipinski definition) is 2. The first-order valence-electron chi connectivity index (χ1n) is 7.24. The molecule has 1 heterocycles. The van der Waals surface area contributed by atoms with Crippen molar-refractivity contribution in [3.05, 3.63) is 59.2 Å². The number of amides is 1. The van der Waals surface area contributed by atoms with E-state index in [4.69, 9.17) is 4.74 Å². The Morgan fingerprint density at radius 1 is 1.17 bits per heavy atom. The molecule has 5 heteroatoms. The third kappa shape index (κ3) is 2.59. The van der Waals surface area contributed by atoms with Gasteiger partial charge in [-0.25, -0.2) is 8.78 Å². The fourth-order valence-corrected chi connectivity index (χ4v) is 2.61. The zero-order valence-electron chi connectivity index (χ0n) is 12.8. The zero-order valence-corrected chi connectivity index (χ0v) is 12.8. The lowest BCUT2D eigenvalue weighted by molar-refractivity contribution is -0.112. The largest absolute Gasteiger partial charge is 0.494 e. The molecule has 0 radical (unpaired) electrons. The van der Waals surface area contributed by atoms with Gasteiger partial charge < -0.3 is 9.64 Å². The lowest BCUT2D eigenvalue weighted by atomic mass is 10.0. The van der Waals surface area contributed by atoms with E-state index in [0.29, 0.717) is 23.6 Å². The summed E-state index contributed by atoms with van der Waals surface area (Å²) in [6.07, 6.45) is 1.26. The van der Waals surface area contributed by atoms with Crippen LogP contribution in [-0.2, 0) is 4.79 Å². The van der Waals surface area contributed by atoms with E-state index in [2.05, 4.69) is 0 Å². The summed E-state index contributed by atoms with van der Waals surface area (Å²) in [6, 6.07) is 8.83. The Morgan fingerprint density at radius 3 is 2.52 bits per heavy atom. The molecule has 0 saturated carbocycles. The minimum Gasteiger partial charge on any atom is -0.494 e. The molecule has 0 aliphatic carbocycles. The van der Waals surface area contributed by atoms with Crippen molar-refractivity contribution in [3.63, 3.8) is 0 Å². The molecule has 0 unspecified atom stereocenters. The summed E-state index contributed by atoms with van der Waals surface area (Å²) in [4.78, 5) is 13.9. The van der Waals surface area contributed by atoms with Gasteiger partial charge in [0.2, 0.25) is 0 Å². The van der Waals surface area contributed by atoms with Crippen LogP contribution in [0.2, 0.25) is 0 Å². The Bertz CT molecular complexity index is 794. The van der Waals surface area contributed by atoms with Crippen molar-refractivity contribution in [2.75, 3.05) is 18.6 Å². The highest BCUT2D eigenvalue weighted by molar-refractivity contribution is 6.35. The molecular weight excluding hydrogens is 300 g/mol. The SMILES string of the molecule is CCOc1ccc2c(c1)N(C)C(=O)/C2=C/c1c(F)cccc1F. The number of nitrogens with zero attached hydrogens (tertiary/aromatic N) is 1. The first kappa shape index (κ1) is 15.2. The summed E-state index contributed by atoms with van der Waals surface area (Å²) < 4.78 is 33.1. The molecule has 0 spiro atoms. The minimum absolute atomic E-state index is 0.217. The molecule has 3 nitrogen and oxygen atoms in total. The molecule has 1 aliphatic heterocycles. The lowest BCUT2D eigenvalue weighted by Gasteiger charge is -2.10. The third-order valence-corrected chi connectivity index (χ3v) is 3.76. The van der Waals surface area contributed by atoms with Crippen LogP contribution in [0.15, 0.2) is 36.4 Å². The predicted molar refractivity (Wildman–Crippen MR) is 85.3 cm³/mol. The molecule has 0 bridgehead atoms. The first-order chi connectivity index (χ1) is 11.0. The van der Waals surface area contributed by atoms with Crippen molar-refractivity contribution >= 4 is 23.2 Å². The molecular formula is C18H15F2NO2. The molecule has 1 aliphatic rings. The van der Waals surface area contributed by atoms with Gasteiger partial charge >= 0.3 is 0 Å². The third-order valence-electron chi connectivity index (χ3n) is 3.76. The van der Waals surface area contributed by atoms with E-state index in [1.54, 1.807) is 25.2 Å². The van der Waals surface area contributed by atoms with E-state index in [1.165, 1.54) is 17.0 Å². The van der Waals surface area contributed by atoms with E-state index in [0.717, 1.165) is 12.1 Å². The van der Waals surface area contributed by atoms with Gasteiger partial charge in [0, 0.05) is 24.2 Å². The number of hydrogen-bond donors (Lipinski definition) is 0. The fourth-order valence-electron chi connectivity index (χ4n) is 2.61. The maximum atomic E-state index is 13.8. The number of carbonyl (C=O) groups is 1. The second-order valence-electron chi connectivity index (χ2n) is 5.17. The fraction of sp³-hybridized carbons (Fsp3) is 0.167. The summed E-state index contributed by atoms with van der Waals surface area (Å²) in [6.45, 7) is 2.38. The Labute approximate surface area is 132 Å². The van der Waals surface area contributed by atoms with Gasteiger partial charge in [0.25, 0.3) is 5.91 Å². The molecule has 0 atom stereocenters. The number of likely N-dealkylation sites (N-methyl/N-ethyl adjacent to an activating group) is 1. The molecule has 0 saturated heterocycles. The Hall–Kier alpha value is -2.69. The number of fused-ring (bicyclic) bond motifs is 1. The maximum Gasteiger partial charge on any atom is 0.258 e. The lowest BCUT2D eigenvalue weighted by Crippen LogP contribution is -2.20. The van der Waals surface area contributed by atoms with Crippen molar-refractivity contribution in [2.45, 2.75) is 6.92 Å². The van der Waals surface area contributed by atoms with Crippen LogP contribution in [0.3, 0.4) is 0 Å². The van der Waals surface area contributed by atoms with Crippen LogP contribution >= 0.6 is 0 Å². The molecule has 0 fully saturated rings. The number of benzene rings is 2. The molecule has 118 valence electrons. The first-order valence-corrected chi connectivity index (χ1v) is 7.24. The average molecular weight is 315 g/mol. The highest BCUT2D eigenvalue weighted by Crippen LogP contribution is 2.39. The van der Waals surface area contributed by atoms with Gasteiger partial charge in [0.05, 0.1) is 17.9 Å². The molecule has 1 amide bonds. The van der Waals surface area contributed by atoms with Crippen LogP contribution in [0.4, 0.5) is 14.5 Å². The van der Waals surface area contributed by atoms with E-state index >= 15 is 0 Å². The Morgan fingerprint density at radius 2 is 1.87 bits per heavy atom. The molecule has 0 N–H and O–H groups in total. The Balaban J connectivity index is 2.13. The topological polar surface area (TPSA) is 29.5 Å². The van der Waals surface area contributed by atoms with Gasteiger partial charge in [-0.05, 0) is 37.3 Å². The molecule has 23 heavy (non-hydrogen) atoms. The van der Waals surface area contributed by atoms with E-state index in [-0.39, 0.29) is 17.0 Å². The number of carbonyl (C=O) groups excluding carboxylic acids is 1. The van der Waals surface area contributed by atoms with Crippen molar-refractivity contribution in [3.8, 4) is 5.75 Å². The number of ether oxygens (including phenoxy) is 1. The van der Waals surface area contributed by atoms with E-state index in [9.17, 15) is 13.6 Å². The van der Waals surface area contributed by atoms with Gasteiger partial charge in [-0.1, -0.05) is 6.07 Å². The summed E-state index contributed by atoms with van der Waals surface area (Å²) >= 11 is 0. The second kappa shape index (κ2) is 5.83. The van der Waals surface area contributed by atoms with Crippen molar-refractivity contribution in [1.82, 2.24) is 0 Å². The molecule has 3 rings (SSSR count). The Kier molecular flexibility index (Phi) is 3.86. The van der Waals surface area contributed by atoms with Gasteiger partial charge in [-0.3, -0.25) is 4.79 Å². The van der Waals surface area contributed by atoms with Crippen LogP contribution in [0.25, 0.3) is 11.6 Å². The van der Waals surface area contributed by atoms with Gasteiger partial charge in [-0.15, -0.1) is 0 Å². The van der Waals surface area contributed by atoms with Gasteiger partial charge in [0.1, 0.15) is 17.4 Å². The van der Waals surface area contributed by atoms with Crippen LogP contribution in [0, 0.1) is 11.6 Å². The summed E-state index contributed by atoms with van der Waals surface area (Å²) in [5, 5.41) is 0. The number of rotatable bonds is 3. The van der Waals surface area contributed by atoms with Crippen molar-refractivity contribution < 1.29 is 18.3 Å². The summed E-state index contributed by atoms with van der Waals surface area (Å²) in [5.74, 6) is -1.07. The molecule has 2 aromatic carbocycles. The average Bonchev–Trinajstić information content (AvgIpc) is 2.76. The van der Waals surface area contributed by atoms with E-state index < -0.39 is 11.6 Å².